The van der Waals surface area contributed by atoms with E-state index in [1.165, 1.54) is 0 Å². The largest absolute Gasteiger partial charge is 0.496 e. The molecule has 3 heterocycles. The molecule has 1 aliphatic heterocycles. The van der Waals surface area contributed by atoms with Gasteiger partial charge < -0.3 is 18.9 Å². The first-order chi connectivity index (χ1) is 11.7. The number of nitrogens with zero attached hydrogens (tertiary/aromatic N) is 4. The van der Waals surface area contributed by atoms with E-state index in [1.807, 2.05) is 24.8 Å². The normalized spacial score (nSPS) is 14.3. The Kier molecular flexibility index (Phi) is 6.54. The second-order valence-corrected chi connectivity index (χ2v) is 5.47. The molecule has 1 saturated heterocycles. The highest BCUT2D eigenvalue weighted by Crippen LogP contribution is 2.29. The van der Waals surface area contributed by atoms with Gasteiger partial charge in [-0.05, 0) is 11.1 Å². The summed E-state index contributed by atoms with van der Waals surface area (Å²) in [5.41, 5.74) is 1.67. The van der Waals surface area contributed by atoms with Gasteiger partial charge in [0.2, 0.25) is 0 Å². The van der Waals surface area contributed by atoms with E-state index in [4.69, 9.17) is 14.0 Å². The molecule has 0 saturated carbocycles. The lowest BCUT2D eigenvalue weighted by Crippen LogP contribution is -2.36. The average molecular weight is 334 g/mol. The van der Waals surface area contributed by atoms with Crippen molar-refractivity contribution in [2.45, 2.75) is 33.6 Å². The fraction of sp³-hybridized carbons (Fsp3) is 0.588. The topological polar surface area (TPSA) is 73.5 Å². The third-order valence-corrected chi connectivity index (χ3v) is 3.67. The van der Waals surface area contributed by atoms with Gasteiger partial charge in [-0.25, -0.2) is 0 Å². The summed E-state index contributed by atoms with van der Waals surface area (Å²) < 4.78 is 16.1. The van der Waals surface area contributed by atoms with Crippen LogP contribution in [0.2, 0.25) is 0 Å². The van der Waals surface area contributed by atoms with Crippen molar-refractivity contribution >= 4 is 5.95 Å². The summed E-state index contributed by atoms with van der Waals surface area (Å²) in [4.78, 5) is 10.9. The molecule has 1 aliphatic rings. The van der Waals surface area contributed by atoms with Crippen molar-refractivity contribution in [3.8, 4) is 17.3 Å². The van der Waals surface area contributed by atoms with Gasteiger partial charge >= 0.3 is 0 Å². The van der Waals surface area contributed by atoms with Crippen LogP contribution in [0.4, 0.5) is 5.95 Å². The monoisotopic (exact) mass is 334 g/mol. The molecule has 0 spiro atoms. The number of aromatic nitrogens is 3. The molecule has 132 valence electrons. The minimum absolute atomic E-state index is 0.336. The number of morpholine rings is 1. The second kappa shape index (κ2) is 8.63. The van der Waals surface area contributed by atoms with Crippen LogP contribution in [-0.4, -0.2) is 48.5 Å². The summed E-state index contributed by atoms with van der Waals surface area (Å²) in [6.45, 7) is 11.1. The number of hydrogen-bond donors (Lipinski definition) is 0. The molecular weight excluding hydrogens is 308 g/mol. The first-order valence-corrected chi connectivity index (χ1v) is 8.39. The second-order valence-electron chi connectivity index (χ2n) is 5.47. The SMILES string of the molecule is CC.COc1cc(-c2nc(N3CCOCC3)no2)ncc1C(C)C. The Labute approximate surface area is 143 Å². The third kappa shape index (κ3) is 4.03. The van der Waals surface area contributed by atoms with Gasteiger partial charge in [-0.1, -0.05) is 27.7 Å². The van der Waals surface area contributed by atoms with Gasteiger partial charge in [0.1, 0.15) is 11.4 Å². The van der Waals surface area contributed by atoms with Crippen LogP contribution in [0.1, 0.15) is 39.2 Å². The Morgan fingerprint density at radius 1 is 1.21 bits per heavy atom. The maximum atomic E-state index is 5.44. The standard InChI is InChI=1S/C15H20N4O3.C2H6/c1-10(2)11-9-16-12(8-13(11)20-3)14-17-15(18-22-14)19-4-6-21-7-5-19;1-2/h8-10H,4-7H2,1-3H3;1-2H3. The van der Waals surface area contributed by atoms with Crippen LogP contribution in [0.15, 0.2) is 16.8 Å². The van der Waals surface area contributed by atoms with E-state index in [1.54, 1.807) is 13.3 Å². The maximum Gasteiger partial charge on any atom is 0.278 e. The van der Waals surface area contributed by atoms with E-state index in [9.17, 15) is 0 Å². The van der Waals surface area contributed by atoms with Gasteiger partial charge in [0.15, 0.2) is 0 Å². The van der Waals surface area contributed by atoms with Crippen molar-refractivity contribution in [1.29, 1.82) is 0 Å². The smallest absolute Gasteiger partial charge is 0.278 e. The molecule has 7 nitrogen and oxygen atoms in total. The van der Waals surface area contributed by atoms with Gasteiger partial charge in [0.05, 0.1) is 20.3 Å². The van der Waals surface area contributed by atoms with Crippen LogP contribution >= 0.6 is 0 Å². The van der Waals surface area contributed by atoms with Gasteiger partial charge in [0.25, 0.3) is 11.8 Å². The van der Waals surface area contributed by atoms with Crippen molar-refractivity contribution in [1.82, 2.24) is 15.1 Å². The molecule has 7 heteroatoms. The summed E-state index contributed by atoms with van der Waals surface area (Å²) >= 11 is 0. The summed E-state index contributed by atoms with van der Waals surface area (Å²) in [6, 6.07) is 1.84. The molecule has 0 radical (unpaired) electrons. The minimum Gasteiger partial charge on any atom is -0.496 e. The lowest BCUT2D eigenvalue weighted by molar-refractivity contribution is 0.121. The van der Waals surface area contributed by atoms with E-state index in [0.29, 0.717) is 36.7 Å². The van der Waals surface area contributed by atoms with Crippen LogP contribution in [0.5, 0.6) is 5.75 Å². The minimum atomic E-state index is 0.336. The van der Waals surface area contributed by atoms with Crippen LogP contribution in [0.25, 0.3) is 11.6 Å². The van der Waals surface area contributed by atoms with E-state index < -0.39 is 0 Å². The fourth-order valence-electron chi connectivity index (χ4n) is 2.39. The molecule has 0 N–H and O–H groups in total. The lowest BCUT2D eigenvalue weighted by atomic mass is 10.0. The summed E-state index contributed by atoms with van der Waals surface area (Å²) in [7, 11) is 1.65. The predicted octanol–water partition coefficient (Wildman–Crippen LogP) is 3.13. The van der Waals surface area contributed by atoms with Crippen LogP contribution < -0.4 is 9.64 Å². The summed E-state index contributed by atoms with van der Waals surface area (Å²) in [5.74, 6) is 2.09. The molecule has 0 aromatic carbocycles. The fourth-order valence-corrected chi connectivity index (χ4v) is 2.39. The highest BCUT2D eigenvalue weighted by molar-refractivity contribution is 5.54. The molecule has 0 bridgehead atoms. The first kappa shape index (κ1) is 18.2. The molecule has 2 aromatic rings. The maximum absolute atomic E-state index is 5.44. The molecule has 2 aromatic heterocycles. The van der Waals surface area contributed by atoms with Crippen molar-refractivity contribution in [2.24, 2.45) is 0 Å². The van der Waals surface area contributed by atoms with Crippen LogP contribution in [0, 0.1) is 0 Å². The van der Waals surface area contributed by atoms with Crippen molar-refractivity contribution < 1.29 is 14.0 Å². The number of hydrogen-bond acceptors (Lipinski definition) is 7. The molecule has 0 amide bonds. The quantitative estimate of drug-likeness (QED) is 0.850. The molecule has 24 heavy (non-hydrogen) atoms. The van der Waals surface area contributed by atoms with Gasteiger partial charge in [0, 0.05) is 30.9 Å². The van der Waals surface area contributed by atoms with Crippen LogP contribution in [0.3, 0.4) is 0 Å². The highest BCUT2D eigenvalue weighted by Gasteiger charge is 2.19. The summed E-state index contributed by atoms with van der Waals surface area (Å²) in [6.07, 6.45) is 1.80. The molecule has 1 fully saturated rings. The summed E-state index contributed by atoms with van der Waals surface area (Å²) in [5, 5.41) is 4.03. The number of ether oxygens (including phenoxy) is 2. The Morgan fingerprint density at radius 2 is 1.92 bits per heavy atom. The van der Waals surface area contributed by atoms with Gasteiger partial charge in [-0.2, -0.15) is 4.98 Å². The molecule has 0 aliphatic carbocycles. The predicted molar refractivity (Wildman–Crippen MR) is 92.6 cm³/mol. The van der Waals surface area contributed by atoms with E-state index in [0.717, 1.165) is 24.4 Å². The zero-order valence-corrected chi connectivity index (χ0v) is 15.1. The number of methoxy groups -OCH3 is 1. The average Bonchev–Trinajstić information content (AvgIpc) is 3.13. The highest BCUT2D eigenvalue weighted by atomic mass is 16.5. The first-order valence-electron chi connectivity index (χ1n) is 8.39. The van der Waals surface area contributed by atoms with E-state index >= 15 is 0 Å². The Bertz CT molecular complexity index is 637. The van der Waals surface area contributed by atoms with Crippen molar-refractivity contribution in [3.63, 3.8) is 0 Å². The van der Waals surface area contributed by atoms with Crippen molar-refractivity contribution in [3.05, 3.63) is 17.8 Å². The van der Waals surface area contributed by atoms with E-state index in [2.05, 4.69) is 29.0 Å². The van der Waals surface area contributed by atoms with Crippen molar-refractivity contribution in [2.75, 3.05) is 38.3 Å². The number of rotatable bonds is 4. The van der Waals surface area contributed by atoms with E-state index in [-0.39, 0.29) is 0 Å². The molecule has 0 unspecified atom stereocenters. The van der Waals surface area contributed by atoms with Gasteiger partial charge in [-0.15, -0.1) is 0 Å². The van der Waals surface area contributed by atoms with Crippen LogP contribution in [-0.2, 0) is 4.74 Å². The Balaban J connectivity index is 0.00000100. The zero-order chi connectivity index (χ0) is 17.5. The zero-order valence-electron chi connectivity index (χ0n) is 15.1. The Morgan fingerprint density at radius 3 is 2.54 bits per heavy atom. The number of anilines is 1. The molecule has 0 atom stereocenters. The molecule has 3 rings (SSSR count). The number of pyridine rings is 1. The lowest BCUT2D eigenvalue weighted by Gasteiger charge is -2.24. The third-order valence-electron chi connectivity index (χ3n) is 3.67. The molecular formula is C17H26N4O3. The van der Waals surface area contributed by atoms with Gasteiger partial charge in [-0.3, -0.25) is 4.98 Å². The Hall–Kier alpha value is -2.15.